The molecule has 3 aromatic carbocycles. The number of nitrogens with zero attached hydrogens (tertiary/aromatic N) is 4. The normalized spacial score (nSPS) is 11.8. The highest BCUT2D eigenvalue weighted by Crippen LogP contribution is 2.50. The molecule has 0 N–H and O–H groups in total. The third-order valence-corrected chi connectivity index (χ3v) is 6.63. The molecule has 4 heterocycles. The molecule has 5 heteroatoms. The van der Waals surface area contributed by atoms with Crippen LogP contribution >= 0.6 is 0 Å². The van der Waals surface area contributed by atoms with Crippen LogP contribution in [0.2, 0.25) is 0 Å². The van der Waals surface area contributed by atoms with Gasteiger partial charge in [0.25, 0.3) is 0 Å². The summed E-state index contributed by atoms with van der Waals surface area (Å²) in [7, 11) is 0. The molecular formula is C33H22N4O. The van der Waals surface area contributed by atoms with Gasteiger partial charge in [-0.2, -0.15) is 0 Å². The Hall–Kier alpha value is -5.29. The topological polar surface area (TPSA) is 51.1 Å². The monoisotopic (exact) mass is 490 g/mol. The summed E-state index contributed by atoms with van der Waals surface area (Å²) in [5, 5.41) is 0. The van der Waals surface area contributed by atoms with Gasteiger partial charge >= 0.3 is 0 Å². The number of para-hydroxylation sites is 4. The minimum Gasteiger partial charge on any atom is -0.453 e. The summed E-state index contributed by atoms with van der Waals surface area (Å²) in [5.41, 5.74) is 8.94. The zero-order valence-electron chi connectivity index (χ0n) is 20.4. The van der Waals surface area contributed by atoms with E-state index in [4.69, 9.17) is 9.72 Å². The van der Waals surface area contributed by atoms with Crippen molar-refractivity contribution >= 4 is 17.1 Å². The van der Waals surface area contributed by atoms with Gasteiger partial charge in [-0.3, -0.25) is 9.97 Å². The van der Waals surface area contributed by atoms with Crippen molar-refractivity contribution in [2.75, 3.05) is 4.90 Å². The second-order valence-electron chi connectivity index (χ2n) is 9.03. The van der Waals surface area contributed by atoms with Crippen LogP contribution in [0.5, 0.6) is 11.5 Å². The van der Waals surface area contributed by atoms with Crippen molar-refractivity contribution in [3.05, 3.63) is 134 Å². The lowest BCUT2D eigenvalue weighted by atomic mass is 10.0. The molecule has 0 saturated heterocycles. The van der Waals surface area contributed by atoms with E-state index in [2.05, 4.69) is 63.4 Å². The van der Waals surface area contributed by atoms with Gasteiger partial charge in [-0.25, -0.2) is 4.98 Å². The summed E-state index contributed by atoms with van der Waals surface area (Å²) >= 11 is 0. The van der Waals surface area contributed by atoms with Crippen molar-refractivity contribution in [2.24, 2.45) is 0 Å². The minimum atomic E-state index is 0.839. The summed E-state index contributed by atoms with van der Waals surface area (Å²) in [6.07, 6.45) is 7.23. The van der Waals surface area contributed by atoms with E-state index in [1.54, 1.807) is 12.4 Å². The molecule has 6 aromatic rings. The van der Waals surface area contributed by atoms with Crippen LogP contribution in [0.1, 0.15) is 0 Å². The van der Waals surface area contributed by atoms with Crippen LogP contribution in [-0.4, -0.2) is 15.0 Å². The fourth-order valence-corrected chi connectivity index (χ4v) is 4.81. The lowest BCUT2D eigenvalue weighted by Crippen LogP contribution is -2.15. The number of rotatable bonds is 4. The molecule has 180 valence electrons. The van der Waals surface area contributed by atoms with Gasteiger partial charge in [-0.05, 0) is 83.9 Å². The van der Waals surface area contributed by atoms with E-state index in [1.807, 2.05) is 73.1 Å². The number of aromatic nitrogens is 3. The van der Waals surface area contributed by atoms with Crippen molar-refractivity contribution in [3.8, 4) is 45.1 Å². The van der Waals surface area contributed by atoms with Gasteiger partial charge in [-0.15, -0.1) is 0 Å². The maximum atomic E-state index is 6.17. The van der Waals surface area contributed by atoms with E-state index in [0.29, 0.717) is 0 Å². The summed E-state index contributed by atoms with van der Waals surface area (Å²) in [4.78, 5) is 15.8. The maximum absolute atomic E-state index is 6.17. The van der Waals surface area contributed by atoms with Crippen molar-refractivity contribution in [3.63, 3.8) is 0 Å². The molecule has 0 bridgehead atoms. The Balaban J connectivity index is 1.32. The Morgan fingerprint density at radius 3 is 1.58 bits per heavy atom. The standard InChI is InChI=1S/C33H22N4O/c1-3-11-32-30(9-1)37(31-10-2-4-12-33(31)38-32)27-15-13-23(14-16-27)26-19-28(24-7-5-17-34-21-24)36-29(20-26)25-8-6-18-35-22-25/h1-22H. The van der Waals surface area contributed by atoms with E-state index >= 15 is 0 Å². The lowest BCUT2D eigenvalue weighted by molar-refractivity contribution is 0.477. The van der Waals surface area contributed by atoms with E-state index in [9.17, 15) is 0 Å². The molecule has 0 saturated carbocycles. The summed E-state index contributed by atoms with van der Waals surface area (Å²) < 4.78 is 6.17. The number of anilines is 3. The molecule has 38 heavy (non-hydrogen) atoms. The van der Waals surface area contributed by atoms with Crippen molar-refractivity contribution < 1.29 is 4.74 Å². The van der Waals surface area contributed by atoms with Crippen molar-refractivity contribution in [2.45, 2.75) is 0 Å². The molecule has 7 rings (SSSR count). The first-order chi connectivity index (χ1) is 18.8. The molecule has 0 spiro atoms. The smallest absolute Gasteiger partial charge is 0.151 e. The minimum absolute atomic E-state index is 0.839. The average molecular weight is 491 g/mol. The second kappa shape index (κ2) is 9.30. The summed E-state index contributed by atoms with van der Waals surface area (Å²) in [6.45, 7) is 0. The molecule has 5 nitrogen and oxygen atoms in total. The number of ether oxygens (including phenoxy) is 1. The maximum Gasteiger partial charge on any atom is 0.151 e. The predicted molar refractivity (Wildman–Crippen MR) is 151 cm³/mol. The van der Waals surface area contributed by atoms with Gasteiger partial charge < -0.3 is 9.64 Å². The van der Waals surface area contributed by atoms with E-state index in [1.165, 1.54) is 0 Å². The van der Waals surface area contributed by atoms with E-state index in [0.717, 1.165) is 62.2 Å². The number of hydrogen-bond acceptors (Lipinski definition) is 5. The Labute approximate surface area is 220 Å². The van der Waals surface area contributed by atoms with Gasteiger partial charge in [-0.1, -0.05) is 36.4 Å². The number of pyridine rings is 3. The molecule has 0 unspecified atom stereocenters. The second-order valence-corrected chi connectivity index (χ2v) is 9.03. The highest BCUT2D eigenvalue weighted by atomic mass is 16.5. The van der Waals surface area contributed by atoms with Gasteiger partial charge in [0.1, 0.15) is 0 Å². The lowest BCUT2D eigenvalue weighted by Gasteiger charge is -2.32. The number of hydrogen-bond donors (Lipinski definition) is 0. The average Bonchev–Trinajstić information content (AvgIpc) is 3.00. The molecule has 3 aromatic heterocycles. The van der Waals surface area contributed by atoms with Crippen LogP contribution in [0, 0.1) is 0 Å². The van der Waals surface area contributed by atoms with Gasteiger partial charge in [0.15, 0.2) is 11.5 Å². The highest BCUT2D eigenvalue weighted by Gasteiger charge is 2.25. The molecule has 0 atom stereocenters. The Bertz CT molecular complexity index is 1630. The van der Waals surface area contributed by atoms with E-state index in [-0.39, 0.29) is 0 Å². The van der Waals surface area contributed by atoms with Crippen LogP contribution in [0.3, 0.4) is 0 Å². The molecule has 0 radical (unpaired) electrons. The molecule has 1 aliphatic heterocycles. The van der Waals surface area contributed by atoms with Crippen molar-refractivity contribution in [1.29, 1.82) is 0 Å². The van der Waals surface area contributed by atoms with Crippen LogP contribution in [0.25, 0.3) is 33.6 Å². The third-order valence-electron chi connectivity index (χ3n) is 6.63. The fourth-order valence-electron chi connectivity index (χ4n) is 4.81. The predicted octanol–water partition coefficient (Wildman–Crippen LogP) is 8.45. The first-order valence-electron chi connectivity index (χ1n) is 12.4. The zero-order chi connectivity index (χ0) is 25.3. The van der Waals surface area contributed by atoms with Crippen LogP contribution in [0.15, 0.2) is 134 Å². The number of fused-ring (bicyclic) bond motifs is 2. The Morgan fingerprint density at radius 1 is 0.500 bits per heavy atom. The van der Waals surface area contributed by atoms with Gasteiger partial charge in [0.05, 0.1) is 22.8 Å². The number of benzene rings is 3. The highest BCUT2D eigenvalue weighted by molar-refractivity contribution is 5.87. The largest absolute Gasteiger partial charge is 0.453 e. The zero-order valence-corrected chi connectivity index (χ0v) is 20.4. The quantitative estimate of drug-likeness (QED) is 0.248. The molecule has 0 fully saturated rings. The summed E-state index contributed by atoms with van der Waals surface area (Å²) in [5.74, 6) is 1.68. The van der Waals surface area contributed by atoms with Gasteiger partial charge in [0, 0.05) is 41.6 Å². The first-order valence-corrected chi connectivity index (χ1v) is 12.4. The molecule has 1 aliphatic rings. The van der Waals surface area contributed by atoms with Crippen LogP contribution in [0.4, 0.5) is 17.1 Å². The molecule has 0 aliphatic carbocycles. The first kappa shape index (κ1) is 21.9. The fraction of sp³-hybridized carbons (Fsp3) is 0. The van der Waals surface area contributed by atoms with Crippen LogP contribution < -0.4 is 9.64 Å². The Kier molecular flexibility index (Phi) is 5.37. The van der Waals surface area contributed by atoms with Gasteiger partial charge in [0.2, 0.25) is 0 Å². The third kappa shape index (κ3) is 3.96. The van der Waals surface area contributed by atoms with E-state index < -0.39 is 0 Å². The summed E-state index contributed by atoms with van der Waals surface area (Å²) in [6, 6.07) is 37.0. The SMILES string of the molecule is c1cncc(-c2cc(-c3ccc(N4c5ccccc5Oc5ccccc54)cc3)cc(-c3cccnc3)n2)c1. The van der Waals surface area contributed by atoms with Crippen LogP contribution in [-0.2, 0) is 0 Å². The van der Waals surface area contributed by atoms with Crippen molar-refractivity contribution in [1.82, 2.24) is 15.0 Å². The molecule has 0 amide bonds. The molecular weight excluding hydrogens is 468 g/mol. The Morgan fingerprint density at radius 2 is 1.05 bits per heavy atom.